The summed E-state index contributed by atoms with van der Waals surface area (Å²) in [6, 6.07) is 9.95. The molecule has 5 nitrogen and oxygen atoms in total. The maximum atomic E-state index is 11.4. The van der Waals surface area contributed by atoms with Crippen LogP contribution in [0.15, 0.2) is 47.1 Å². The number of hydrogen-bond donors (Lipinski definition) is 3. The van der Waals surface area contributed by atoms with Crippen LogP contribution in [0.1, 0.15) is 5.56 Å². The fourth-order valence-electron chi connectivity index (χ4n) is 1.49. The highest BCUT2D eigenvalue weighted by Crippen LogP contribution is 2.09. The molecule has 0 saturated carbocycles. The van der Waals surface area contributed by atoms with Crippen molar-refractivity contribution in [3.63, 3.8) is 0 Å². The number of urea groups is 1. The maximum Gasteiger partial charge on any atom is 0.321 e. The predicted octanol–water partition coefficient (Wildman–Crippen LogP) is 2.35. The molecule has 2 amide bonds. The van der Waals surface area contributed by atoms with Crippen molar-refractivity contribution in [2.75, 3.05) is 11.9 Å². The summed E-state index contributed by atoms with van der Waals surface area (Å²) in [4.78, 5) is 11.4. The van der Waals surface area contributed by atoms with Gasteiger partial charge in [0, 0.05) is 12.6 Å². The van der Waals surface area contributed by atoms with Crippen molar-refractivity contribution < 1.29 is 14.3 Å². The molecule has 1 heterocycles. The lowest BCUT2D eigenvalue weighted by Gasteiger charge is -2.05. The van der Waals surface area contributed by atoms with E-state index in [1.807, 2.05) is 12.1 Å². The largest absolute Gasteiger partial charge is 0.508 e. The molecule has 2 aromatic rings. The Balaban J connectivity index is 1.72. The van der Waals surface area contributed by atoms with Crippen molar-refractivity contribution in [2.24, 2.45) is 0 Å². The number of furan rings is 1. The third-order valence-corrected chi connectivity index (χ3v) is 2.39. The van der Waals surface area contributed by atoms with Gasteiger partial charge in [0.15, 0.2) is 0 Å². The average molecular weight is 246 g/mol. The van der Waals surface area contributed by atoms with Crippen LogP contribution in [-0.4, -0.2) is 17.7 Å². The molecule has 0 bridgehead atoms. The van der Waals surface area contributed by atoms with Crippen molar-refractivity contribution in [1.29, 1.82) is 0 Å². The molecule has 3 N–H and O–H groups in total. The fourth-order valence-corrected chi connectivity index (χ4v) is 1.49. The molecule has 94 valence electrons. The van der Waals surface area contributed by atoms with E-state index >= 15 is 0 Å². The second-order valence-electron chi connectivity index (χ2n) is 3.77. The van der Waals surface area contributed by atoms with Gasteiger partial charge in [0.25, 0.3) is 0 Å². The molecule has 0 spiro atoms. The molecule has 0 fully saturated rings. The molecule has 1 aromatic carbocycles. The van der Waals surface area contributed by atoms with Crippen LogP contribution in [0, 0.1) is 0 Å². The normalized spacial score (nSPS) is 10.0. The molecule has 0 atom stereocenters. The van der Waals surface area contributed by atoms with Crippen LogP contribution in [0.4, 0.5) is 10.7 Å². The molecule has 18 heavy (non-hydrogen) atoms. The molecule has 1 aromatic heterocycles. The molecule has 0 aliphatic carbocycles. The van der Waals surface area contributed by atoms with Crippen molar-refractivity contribution in [2.45, 2.75) is 6.42 Å². The summed E-state index contributed by atoms with van der Waals surface area (Å²) in [6.45, 7) is 0.511. The van der Waals surface area contributed by atoms with Crippen LogP contribution in [-0.2, 0) is 6.42 Å². The number of benzene rings is 1. The molecule has 0 aliphatic heterocycles. The van der Waals surface area contributed by atoms with Gasteiger partial charge >= 0.3 is 6.03 Å². The Morgan fingerprint density at radius 1 is 1.22 bits per heavy atom. The van der Waals surface area contributed by atoms with Gasteiger partial charge in [-0.25, -0.2) is 4.79 Å². The van der Waals surface area contributed by atoms with E-state index in [1.54, 1.807) is 24.3 Å². The molecular weight excluding hydrogens is 232 g/mol. The van der Waals surface area contributed by atoms with Crippen LogP contribution in [0.3, 0.4) is 0 Å². The van der Waals surface area contributed by atoms with Gasteiger partial charge in [-0.1, -0.05) is 12.1 Å². The molecule has 5 heteroatoms. The number of anilines is 1. The van der Waals surface area contributed by atoms with Crippen LogP contribution >= 0.6 is 0 Å². The first kappa shape index (κ1) is 12.0. The topological polar surface area (TPSA) is 74.5 Å². The number of nitrogens with one attached hydrogen (secondary N) is 2. The Morgan fingerprint density at radius 2 is 2.00 bits per heavy atom. The third-order valence-electron chi connectivity index (χ3n) is 2.39. The summed E-state index contributed by atoms with van der Waals surface area (Å²) < 4.78 is 4.98. The van der Waals surface area contributed by atoms with E-state index < -0.39 is 0 Å². The minimum Gasteiger partial charge on any atom is -0.508 e. The number of phenols is 1. The molecule has 0 saturated heterocycles. The molecule has 0 aliphatic rings. The first-order valence-electron chi connectivity index (χ1n) is 5.60. The number of aromatic hydroxyl groups is 1. The molecule has 2 rings (SSSR count). The summed E-state index contributed by atoms with van der Waals surface area (Å²) in [5.74, 6) is 0.652. The number of phenolic OH excluding ortho intramolecular Hbond substituents is 1. The lowest BCUT2D eigenvalue weighted by Crippen LogP contribution is -2.30. The standard InChI is InChI=1S/C13H14N2O3/c16-11-5-3-10(4-6-11)7-8-14-13(17)15-12-2-1-9-18-12/h1-6,9,16H,7-8H2,(H2,14,15,17). The highest BCUT2D eigenvalue weighted by Gasteiger charge is 2.02. The Labute approximate surface area is 104 Å². The van der Waals surface area contributed by atoms with E-state index in [1.165, 1.54) is 6.26 Å². The minimum absolute atomic E-state index is 0.238. The van der Waals surface area contributed by atoms with E-state index in [9.17, 15) is 4.79 Å². The fraction of sp³-hybridized carbons (Fsp3) is 0.154. The Kier molecular flexibility index (Phi) is 3.86. The summed E-state index contributed by atoms with van der Waals surface area (Å²) in [5, 5.41) is 14.4. The number of amides is 2. The number of hydrogen-bond acceptors (Lipinski definition) is 3. The van der Waals surface area contributed by atoms with Gasteiger partial charge in [0.05, 0.1) is 6.26 Å². The number of rotatable bonds is 4. The molecule has 0 radical (unpaired) electrons. The van der Waals surface area contributed by atoms with Gasteiger partial charge in [0.1, 0.15) is 5.75 Å². The van der Waals surface area contributed by atoms with E-state index in [-0.39, 0.29) is 11.8 Å². The van der Waals surface area contributed by atoms with E-state index in [0.717, 1.165) is 5.56 Å². The average Bonchev–Trinajstić information content (AvgIpc) is 2.84. The lowest BCUT2D eigenvalue weighted by atomic mass is 10.1. The maximum absolute atomic E-state index is 11.4. The zero-order valence-corrected chi connectivity index (χ0v) is 9.72. The second kappa shape index (κ2) is 5.77. The van der Waals surface area contributed by atoms with Crippen LogP contribution < -0.4 is 10.6 Å². The highest BCUT2D eigenvalue weighted by atomic mass is 16.3. The highest BCUT2D eigenvalue weighted by molar-refractivity contribution is 5.87. The van der Waals surface area contributed by atoms with Crippen LogP contribution in [0.2, 0.25) is 0 Å². The van der Waals surface area contributed by atoms with Gasteiger partial charge in [-0.05, 0) is 30.2 Å². The SMILES string of the molecule is O=C(NCCc1ccc(O)cc1)Nc1ccco1. The van der Waals surface area contributed by atoms with Gasteiger partial charge < -0.3 is 14.8 Å². The van der Waals surface area contributed by atoms with E-state index in [4.69, 9.17) is 9.52 Å². The zero-order chi connectivity index (χ0) is 12.8. The quantitative estimate of drug-likeness (QED) is 0.775. The van der Waals surface area contributed by atoms with Gasteiger partial charge in [-0.2, -0.15) is 0 Å². The monoisotopic (exact) mass is 246 g/mol. The zero-order valence-electron chi connectivity index (χ0n) is 9.72. The lowest BCUT2D eigenvalue weighted by molar-refractivity contribution is 0.251. The van der Waals surface area contributed by atoms with Gasteiger partial charge in [-0.15, -0.1) is 0 Å². The molecule has 0 unspecified atom stereocenters. The van der Waals surface area contributed by atoms with E-state index in [0.29, 0.717) is 18.8 Å². The van der Waals surface area contributed by atoms with Crippen LogP contribution in [0.5, 0.6) is 5.75 Å². The Hall–Kier alpha value is -2.43. The summed E-state index contributed by atoms with van der Waals surface area (Å²) in [7, 11) is 0. The summed E-state index contributed by atoms with van der Waals surface area (Å²) in [6.07, 6.45) is 2.19. The number of carbonyl (C=O) groups excluding carboxylic acids is 1. The smallest absolute Gasteiger partial charge is 0.321 e. The Bertz CT molecular complexity index is 491. The summed E-state index contributed by atoms with van der Waals surface area (Å²) in [5.41, 5.74) is 1.05. The van der Waals surface area contributed by atoms with Gasteiger partial charge in [-0.3, -0.25) is 5.32 Å². The molecular formula is C13H14N2O3. The van der Waals surface area contributed by atoms with Crippen molar-refractivity contribution in [1.82, 2.24) is 5.32 Å². The van der Waals surface area contributed by atoms with Crippen molar-refractivity contribution in [3.05, 3.63) is 48.2 Å². The first-order valence-corrected chi connectivity index (χ1v) is 5.60. The minimum atomic E-state index is -0.302. The van der Waals surface area contributed by atoms with E-state index in [2.05, 4.69) is 10.6 Å². The third kappa shape index (κ3) is 3.55. The second-order valence-corrected chi connectivity index (χ2v) is 3.77. The van der Waals surface area contributed by atoms with Crippen LogP contribution in [0.25, 0.3) is 0 Å². The van der Waals surface area contributed by atoms with Gasteiger partial charge in [0.2, 0.25) is 5.88 Å². The summed E-state index contributed by atoms with van der Waals surface area (Å²) >= 11 is 0. The van der Waals surface area contributed by atoms with Crippen molar-refractivity contribution in [3.8, 4) is 5.75 Å². The van der Waals surface area contributed by atoms with Crippen molar-refractivity contribution >= 4 is 11.9 Å². The predicted molar refractivity (Wildman–Crippen MR) is 67.5 cm³/mol. The first-order chi connectivity index (χ1) is 8.74. The number of carbonyl (C=O) groups is 1. The Morgan fingerprint density at radius 3 is 2.67 bits per heavy atom.